The Morgan fingerprint density at radius 3 is 2.44 bits per heavy atom. The number of aromatic nitrogens is 4. The molecule has 2 aromatic heterocycles. The number of carbonyl (C=O) groups is 2. The predicted molar refractivity (Wildman–Crippen MR) is 160 cm³/mol. The van der Waals surface area contributed by atoms with Gasteiger partial charge in [-0.2, -0.15) is 0 Å². The number of hydrogen-bond donors (Lipinski definition) is 2. The highest BCUT2D eigenvalue weighted by molar-refractivity contribution is 6.33. The number of methoxy groups -OCH3 is 1. The largest absolute Gasteiger partial charge is 0.467 e. The van der Waals surface area contributed by atoms with Crippen LogP contribution >= 0.6 is 23.2 Å². The van der Waals surface area contributed by atoms with Gasteiger partial charge in [-0.25, -0.2) is 19.7 Å². The second kappa shape index (κ2) is 12.0. The minimum atomic E-state index is -0.828. The molecular weight excluding hydrogens is 565 g/mol. The van der Waals surface area contributed by atoms with Crippen molar-refractivity contribution in [1.82, 2.24) is 30.2 Å². The van der Waals surface area contributed by atoms with Gasteiger partial charge in [0.25, 0.3) is 0 Å². The lowest BCUT2D eigenvalue weighted by Gasteiger charge is -2.41. The van der Waals surface area contributed by atoms with Crippen LogP contribution in [0.25, 0.3) is 28.2 Å². The molecule has 1 aliphatic heterocycles. The van der Waals surface area contributed by atoms with Crippen LogP contribution in [0.4, 0.5) is 5.82 Å². The van der Waals surface area contributed by atoms with Crippen molar-refractivity contribution < 1.29 is 14.3 Å². The van der Waals surface area contributed by atoms with Gasteiger partial charge in [-0.1, -0.05) is 42.3 Å². The molecule has 1 saturated heterocycles. The van der Waals surface area contributed by atoms with Crippen molar-refractivity contribution in [2.45, 2.75) is 38.3 Å². The minimum Gasteiger partial charge on any atom is -0.467 e. The molecule has 0 radical (unpaired) electrons. The van der Waals surface area contributed by atoms with Gasteiger partial charge in [-0.15, -0.1) is 0 Å². The molecule has 0 aliphatic carbocycles. The molecule has 1 fully saturated rings. The van der Waals surface area contributed by atoms with Crippen LogP contribution in [0, 0.1) is 0 Å². The molecule has 5 rings (SSSR count). The maximum Gasteiger partial charge on any atom is 0.328 e. The lowest BCUT2D eigenvalue weighted by molar-refractivity contribution is -0.145. The number of benzene rings is 2. The van der Waals surface area contributed by atoms with Gasteiger partial charge in [0.1, 0.15) is 23.7 Å². The second-order valence-electron chi connectivity index (χ2n) is 9.91. The minimum absolute atomic E-state index is 0.224. The Balaban J connectivity index is 1.52. The first-order valence-electron chi connectivity index (χ1n) is 13.4. The lowest BCUT2D eigenvalue weighted by Crippen LogP contribution is -2.63. The summed E-state index contributed by atoms with van der Waals surface area (Å²) in [5.41, 5.74) is 2.01. The number of esters is 1. The van der Waals surface area contributed by atoms with E-state index in [9.17, 15) is 9.59 Å². The molecule has 0 spiro atoms. The van der Waals surface area contributed by atoms with Gasteiger partial charge in [-0.3, -0.25) is 9.36 Å². The van der Waals surface area contributed by atoms with Gasteiger partial charge in [-0.05, 0) is 62.7 Å². The van der Waals surface area contributed by atoms with Gasteiger partial charge in [0.15, 0.2) is 17.0 Å². The molecule has 4 aromatic rings. The molecule has 2 N–H and O–H groups in total. The van der Waals surface area contributed by atoms with Crippen LogP contribution in [0.5, 0.6) is 0 Å². The summed E-state index contributed by atoms with van der Waals surface area (Å²) in [5.74, 6) is 0.587. The van der Waals surface area contributed by atoms with Crippen LogP contribution in [0.2, 0.25) is 10.0 Å². The molecule has 41 heavy (non-hydrogen) atoms. The zero-order valence-electron chi connectivity index (χ0n) is 23.0. The summed E-state index contributed by atoms with van der Waals surface area (Å²) >= 11 is 12.8. The van der Waals surface area contributed by atoms with Crippen LogP contribution in [-0.4, -0.2) is 69.7 Å². The number of anilines is 1. The monoisotopic (exact) mass is 595 g/mol. The van der Waals surface area contributed by atoms with Crippen LogP contribution in [0.15, 0.2) is 54.9 Å². The normalized spacial score (nSPS) is 15.5. The molecular formula is C29H31Cl2N7O3. The average molecular weight is 597 g/mol. The Morgan fingerprint density at radius 1 is 1.07 bits per heavy atom. The summed E-state index contributed by atoms with van der Waals surface area (Å²) in [7, 11) is 1.30. The average Bonchev–Trinajstić information content (AvgIpc) is 3.37. The third-order valence-corrected chi connectivity index (χ3v) is 7.97. The molecule has 1 aliphatic rings. The van der Waals surface area contributed by atoms with Gasteiger partial charge in [0, 0.05) is 29.4 Å². The van der Waals surface area contributed by atoms with E-state index in [1.807, 2.05) is 60.0 Å². The summed E-state index contributed by atoms with van der Waals surface area (Å²) in [5, 5.41) is 7.36. The highest BCUT2D eigenvalue weighted by atomic mass is 35.5. The zero-order chi connectivity index (χ0) is 29.1. The van der Waals surface area contributed by atoms with E-state index in [0.29, 0.717) is 65.3 Å². The van der Waals surface area contributed by atoms with Crippen molar-refractivity contribution in [2.75, 3.05) is 31.6 Å². The van der Waals surface area contributed by atoms with Gasteiger partial charge < -0.3 is 20.3 Å². The Morgan fingerprint density at radius 2 is 1.78 bits per heavy atom. The number of hydrogen-bond acceptors (Lipinski definition) is 8. The molecule has 1 unspecified atom stereocenters. The SMILES string of the molecule is CCNC1(C(=O)NC(C)C(=O)OC)CCN(c2ncnc3c2nc(-c2ccccc2Cl)n3-c2ccc(Cl)cc2)CC1. The number of piperidine rings is 1. The molecule has 10 nitrogen and oxygen atoms in total. The number of fused-ring (bicyclic) bond motifs is 1. The number of nitrogens with one attached hydrogen (secondary N) is 2. The van der Waals surface area contributed by atoms with E-state index in [1.165, 1.54) is 13.4 Å². The number of rotatable bonds is 8. The maximum absolute atomic E-state index is 13.4. The van der Waals surface area contributed by atoms with Crippen molar-refractivity contribution in [3.8, 4) is 17.1 Å². The molecule has 2 aromatic carbocycles. The van der Waals surface area contributed by atoms with E-state index in [1.54, 1.807) is 6.92 Å². The van der Waals surface area contributed by atoms with E-state index in [4.69, 9.17) is 32.9 Å². The number of imidazole rings is 1. The fourth-order valence-corrected chi connectivity index (χ4v) is 5.61. The van der Waals surface area contributed by atoms with Crippen molar-refractivity contribution in [1.29, 1.82) is 0 Å². The number of halogens is 2. The zero-order valence-corrected chi connectivity index (χ0v) is 24.5. The third kappa shape index (κ3) is 5.59. The van der Waals surface area contributed by atoms with Crippen LogP contribution in [0.3, 0.4) is 0 Å². The number of likely N-dealkylation sites (N-methyl/N-ethyl adjacent to an activating group) is 1. The Bertz CT molecular complexity index is 1570. The highest BCUT2D eigenvalue weighted by Crippen LogP contribution is 2.36. The van der Waals surface area contributed by atoms with Crippen molar-refractivity contribution >= 4 is 52.1 Å². The van der Waals surface area contributed by atoms with E-state index < -0.39 is 17.6 Å². The fourth-order valence-electron chi connectivity index (χ4n) is 5.26. The first-order valence-corrected chi connectivity index (χ1v) is 14.2. The molecule has 0 saturated carbocycles. The standard InChI is InChI=1S/C29H31Cl2N7O3/c1-4-34-29(28(40)35-18(2)27(39)41-3)13-15-37(16-14-29)25-23-26(33-17-32-25)38(20-11-9-19(30)10-12-20)24(36-23)21-7-5-6-8-22(21)31/h5-12,17-18,34H,4,13-16H2,1-3H3,(H,35,40). The Kier molecular flexibility index (Phi) is 8.44. The number of nitrogens with zero attached hydrogens (tertiary/aromatic N) is 5. The number of carbonyl (C=O) groups excluding carboxylic acids is 2. The van der Waals surface area contributed by atoms with Gasteiger partial charge in [0.05, 0.1) is 12.1 Å². The fraction of sp³-hybridized carbons (Fsp3) is 0.345. The Hall–Kier alpha value is -3.73. The van der Waals surface area contributed by atoms with Gasteiger partial charge in [0.2, 0.25) is 5.91 Å². The number of amides is 1. The quantitative estimate of drug-likeness (QED) is 0.288. The first-order chi connectivity index (χ1) is 19.8. The van der Waals surface area contributed by atoms with Crippen molar-refractivity contribution in [2.24, 2.45) is 0 Å². The summed E-state index contributed by atoms with van der Waals surface area (Å²) < 4.78 is 6.73. The summed E-state index contributed by atoms with van der Waals surface area (Å²) in [6.07, 6.45) is 2.53. The maximum atomic E-state index is 13.4. The molecule has 1 atom stereocenters. The molecule has 214 valence electrons. The summed E-state index contributed by atoms with van der Waals surface area (Å²) in [6, 6.07) is 14.2. The summed E-state index contributed by atoms with van der Waals surface area (Å²) in [6.45, 7) is 5.25. The Labute approximate surface area is 248 Å². The van der Waals surface area contributed by atoms with E-state index in [2.05, 4.69) is 25.5 Å². The van der Waals surface area contributed by atoms with Gasteiger partial charge >= 0.3 is 5.97 Å². The topological polar surface area (TPSA) is 114 Å². The molecule has 0 bridgehead atoms. The summed E-state index contributed by atoms with van der Waals surface area (Å²) in [4.78, 5) is 41.7. The molecule has 3 heterocycles. The van der Waals surface area contributed by atoms with Crippen LogP contribution in [0.1, 0.15) is 26.7 Å². The first kappa shape index (κ1) is 28.8. The van der Waals surface area contributed by atoms with Crippen LogP contribution in [-0.2, 0) is 14.3 Å². The molecule has 1 amide bonds. The van der Waals surface area contributed by atoms with Crippen molar-refractivity contribution in [3.63, 3.8) is 0 Å². The number of ether oxygens (including phenoxy) is 1. The van der Waals surface area contributed by atoms with Crippen molar-refractivity contribution in [3.05, 3.63) is 64.9 Å². The smallest absolute Gasteiger partial charge is 0.328 e. The van der Waals surface area contributed by atoms with E-state index in [0.717, 1.165) is 11.3 Å². The van der Waals surface area contributed by atoms with E-state index >= 15 is 0 Å². The lowest BCUT2D eigenvalue weighted by atomic mass is 9.86. The third-order valence-electron chi connectivity index (χ3n) is 7.39. The predicted octanol–water partition coefficient (Wildman–Crippen LogP) is 4.42. The second-order valence-corrected chi connectivity index (χ2v) is 10.8. The van der Waals surface area contributed by atoms with Crippen LogP contribution < -0.4 is 15.5 Å². The molecule has 12 heteroatoms. The highest BCUT2D eigenvalue weighted by Gasteiger charge is 2.42. The van der Waals surface area contributed by atoms with E-state index in [-0.39, 0.29) is 5.91 Å².